The van der Waals surface area contributed by atoms with E-state index in [1.54, 1.807) is 13.8 Å². The number of carbonyl (C=O) groups is 4. The van der Waals surface area contributed by atoms with Crippen molar-refractivity contribution >= 4 is 24.1 Å². The summed E-state index contributed by atoms with van der Waals surface area (Å²) in [5.41, 5.74) is 0.594. The lowest BCUT2D eigenvalue weighted by Gasteiger charge is -2.18. The van der Waals surface area contributed by atoms with Crippen LogP contribution >= 0.6 is 0 Å². The summed E-state index contributed by atoms with van der Waals surface area (Å²) in [5.74, 6) is 0.0886. The molecule has 0 radical (unpaired) electrons. The summed E-state index contributed by atoms with van der Waals surface area (Å²) in [6, 6.07) is 0. The highest BCUT2D eigenvalue weighted by atomic mass is 16.6. The van der Waals surface area contributed by atoms with Crippen molar-refractivity contribution in [3.05, 3.63) is 24.3 Å². The summed E-state index contributed by atoms with van der Waals surface area (Å²) in [6.45, 7) is 17.4. The minimum Gasteiger partial charge on any atom is -0.459 e. The number of amides is 2. The van der Waals surface area contributed by atoms with Crippen molar-refractivity contribution < 1.29 is 38.1 Å². The largest absolute Gasteiger partial charge is 0.459 e. The predicted molar refractivity (Wildman–Crippen MR) is 136 cm³/mol. The van der Waals surface area contributed by atoms with Gasteiger partial charge in [0.15, 0.2) is 0 Å². The fraction of sp³-hybridized carbons (Fsp3) is 0.692. The molecular formula is C26H44N2O8. The molecule has 2 atom stereocenters. The average molecular weight is 513 g/mol. The lowest BCUT2D eigenvalue weighted by Crippen LogP contribution is -2.30. The van der Waals surface area contributed by atoms with Crippen LogP contribution in [-0.2, 0) is 28.5 Å². The van der Waals surface area contributed by atoms with Crippen molar-refractivity contribution in [1.82, 2.24) is 10.6 Å². The van der Waals surface area contributed by atoms with Gasteiger partial charge in [-0.15, -0.1) is 0 Å². The van der Waals surface area contributed by atoms with Gasteiger partial charge in [0.05, 0.1) is 0 Å². The van der Waals surface area contributed by atoms with Gasteiger partial charge in [-0.1, -0.05) is 46.8 Å². The van der Waals surface area contributed by atoms with E-state index in [4.69, 9.17) is 18.9 Å². The Kier molecular flexibility index (Phi) is 17.6. The first-order valence-corrected chi connectivity index (χ1v) is 12.4. The first kappa shape index (κ1) is 33.0. The third-order valence-corrected chi connectivity index (χ3v) is 5.29. The van der Waals surface area contributed by atoms with E-state index in [1.165, 1.54) is 0 Å². The molecule has 2 amide bonds. The van der Waals surface area contributed by atoms with E-state index >= 15 is 0 Å². The van der Waals surface area contributed by atoms with Crippen LogP contribution in [-0.4, -0.2) is 63.6 Å². The van der Waals surface area contributed by atoms with E-state index in [1.807, 2.05) is 0 Å². The minimum absolute atomic E-state index is 0.00568. The van der Waals surface area contributed by atoms with Crippen molar-refractivity contribution in [3.8, 4) is 0 Å². The zero-order valence-corrected chi connectivity index (χ0v) is 22.5. The highest BCUT2D eigenvalue weighted by molar-refractivity contribution is 5.87. The Bertz CT molecular complexity index is 677. The fourth-order valence-electron chi connectivity index (χ4n) is 2.89. The van der Waals surface area contributed by atoms with Gasteiger partial charge in [0.1, 0.15) is 26.4 Å². The number of esters is 2. The Balaban J connectivity index is 3.82. The molecule has 0 aromatic carbocycles. The SMILES string of the molecule is C=C(C)C(=O)OCCOC(=O)NCC(C)CCC(C)CCC(C)CNC(=O)OCCOC(=O)C(=C)C. The second-order valence-electron chi connectivity index (χ2n) is 9.34. The number of alkyl carbamates (subject to hydrolysis) is 2. The second-order valence-corrected chi connectivity index (χ2v) is 9.34. The summed E-state index contributed by atoms with van der Waals surface area (Å²) in [4.78, 5) is 45.9. The molecule has 0 bridgehead atoms. The molecule has 0 rings (SSSR count). The first-order chi connectivity index (χ1) is 16.9. The number of hydrogen-bond acceptors (Lipinski definition) is 8. The maximum absolute atomic E-state index is 11.7. The molecule has 2 unspecified atom stereocenters. The zero-order valence-electron chi connectivity index (χ0n) is 22.5. The second kappa shape index (κ2) is 19.2. The zero-order chi connectivity index (χ0) is 27.5. The van der Waals surface area contributed by atoms with Gasteiger partial charge >= 0.3 is 24.1 Å². The molecule has 2 N–H and O–H groups in total. The van der Waals surface area contributed by atoms with Crippen molar-refractivity contribution in [1.29, 1.82) is 0 Å². The highest BCUT2D eigenvalue weighted by Gasteiger charge is 2.12. The van der Waals surface area contributed by atoms with Gasteiger partial charge in [0.2, 0.25) is 0 Å². The maximum atomic E-state index is 11.7. The summed E-state index contributed by atoms with van der Waals surface area (Å²) in [6.07, 6.45) is 2.92. The molecular weight excluding hydrogens is 468 g/mol. The molecule has 10 heteroatoms. The topological polar surface area (TPSA) is 129 Å². The monoisotopic (exact) mass is 512 g/mol. The van der Waals surface area contributed by atoms with Crippen LogP contribution in [0.15, 0.2) is 24.3 Å². The third kappa shape index (κ3) is 18.3. The molecule has 0 aliphatic rings. The lowest BCUT2D eigenvalue weighted by atomic mass is 9.92. The van der Waals surface area contributed by atoms with E-state index < -0.39 is 24.1 Å². The maximum Gasteiger partial charge on any atom is 0.407 e. The number of hydrogen-bond donors (Lipinski definition) is 2. The average Bonchev–Trinajstić information content (AvgIpc) is 2.83. The molecule has 36 heavy (non-hydrogen) atoms. The van der Waals surface area contributed by atoms with Crippen LogP contribution < -0.4 is 10.6 Å². The first-order valence-electron chi connectivity index (χ1n) is 12.4. The summed E-state index contributed by atoms with van der Waals surface area (Å²) >= 11 is 0. The van der Waals surface area contributed by atoms with E-state index in [0.717, 1.165) is 25.7 Å². The van der Waals surface area contributed by atoms with Gasteiger partial charge in [-0.25, -0.2) is 19.2 Å². The Morgan fingerprint density at radius 2 is 0.889 bits per heavy atom. The van der Waals surface area contributed by atoms with Crippen LogP contribution in [0, 0.1) is 17.8 Å². The molecule has 206 valence electrons. The molecule has 10 nitrogen and oxygen atoms in total. The van der Waals surface area contributed by atoms with Crippen LogP contribution in [0.4, 0.5) is 9.59 Å². The van der Waals surface area contributed by atoms with Crippen LogP contribution in [0.1, 0.15) is 60.3 Å². The Labute approximate surface area is 215 Å². The highest BCUT2D eigenvalue weighted by Crippen LogP contribution is 2.19. The van der Waals surface area contributed by atoms with Gasteiger partial charge < -0.3 is 29.6 Å². The number of carbonyl (C=O) groups excluding carboxylic acids is 4. The summed E-state index contributed by atoms with van der Waals surface area (Å²) in [5, 5.41) is 5.45. The lowest BCUT2D eigenvalue weighted by molar-refractivity contribution is -0.140. The molecule has 0 aliphatic heterocycles. The van der Waals surface area contributed by atoms with Gasteiger partial charge in [-0.3, -0.25) is 0 Å². The number of rotatable bonds is 18. The molecule has 0 saturated carbocycles. The van der Waals surface area contributed by atoms with Gasteiger partial charge in [0.25, 0.3) is 0 Å². The van der Waals surface area contributed by atoms with E-state index in [9.17, 15) is 19.2 Å². The van der Waals surface area contributed by atoms with Crippen LogP contribution in [0.2, 0.25) is 0 Å². The fourth-order valence-corrected chi connectivity index (χ4v) is 2.89. The van der Waals surface area contributed by atoms with Gasteiger partial charge in [-0.2, -0.15) is 0 Å². The van der Waals surface area contributed by atoms with E-state index in [0.29, 0.717) is 42.0 Å². The molecule has 0 heterocycles. The van der Waals surface area contributed by atoms with E-state index in [2.05, 4.69) is 44.6 Å². The number of ether oxygens (including phenoxy) is 4. The van der Waals surface area contributed by atoms with Gasteiger partial charge in [0, 0.05) is 24.2 Å². The van der Waals surface area contributed by atoms with Crippen molar-refractivity contribution in [2.24, 2.45) is 17.8 Å². The Morgan fingerprint density at radius 1 is 0.583 bits per heavy atom. The van der Waals surface area contributed by atoms with E-state index in [-0.39, 0.29) is 26.4 Å². The molecule has 0 spiro atoms. The minimum atomic E-state index is -0.533. The Hall–Kier alpha value is -3.04. The normalized spacial score (nSPS) is 12.9. The molecule has 0 aromatic heterocycles. The number of nitrogens with one attached hydrogen (secondary N) is 2. The molecule has 0 aliphatic carbocycles. The molecule has 0 saturated heterocycles. The van der Waals surface area contributed by atoms with Crippen LogP contribution in [0.25, 0.3) is 0 Å². The standard InChI is InChI=1S/C26H44N2O8/c1-18(2)23(29)33-12-14-35-25(31)27-16-21(6)10-8-20(5)9-11-22(7)17-28-26(32)36-15-13-34-24(30)19(3)4/h20-22H,1,3,8-17H2,2,4-7H3,(H,27,31)(H,28,32). The van der Waals surface area contributed by atoms with Crippen LogP contribution in [0.3, 0.4) is 0 Å². The quantitative estimate of drug-likeness (QED) is 0.121. The summed E-state index contributed by atoms with van der Waals surface area (Å²) in [7, 11) is 0. The van der Waals surface area contributed by atoms with Gasteiger partial charge in [-0.05, 0) is 44.4 Å². The molecule has 0 aromatic rings. The van der Waals surface area contributed by atoms with Crippen LogP contribution in [0.5, 0.6) is 0 Å². The third-order valence-electron chi connectivity index (χ3n) is 5.29. The summed E-state index contributed by atoms with van der Waals surface area (Å²) < 4.78 is 19.7. The molecule has 0 fully saturated rings. The smallest absolute Gasteiger partial charge is 0.407 e. The predicted octanol–water partition coefficient (Wildman–Crippen LogP) is 4.15. The van der Waals surface area contributed by atoms with Crippen molar-refractivity contribution in [2.45, 2.75) is 60.3 Å². The van der Waals surface area contributed by atoms with Crippen molar-refractivity contribution in [3.63, 3.8) is 0 Å². The van der Waals surface area contributed by atoms with Crippen molar-refractivity contribution in [2.75, 3.05) is 39.5 Å². The Morgan fingerprint density at radius 3 is 1.22 bits per heavy atom.